The topological polar surface area (TPSA) is 103 Å². The molecule has 7 heteroatoms. The number of nitrogen functional groups attached to an aromatic ring is 1. The first-order chi connectivity index (χ1) is 7.20. The van der Waals surface area contributed by atoms with E-state index in [1.54, 1.807) is 0 Å². The van der Waals surface area contributed by atoms with Gasteiger partial charge in [0, 0.05) is 6.20 Å². The minimum absolute atomic E-state index is 0.164. The zero-order valence-electron chi connectivity index (χ0n) is 7.83. The van der Waals surface area contributed by atoms with Gasteiger partial charge in [0.05, 0.1) is 18.7 Å². The molecule has 1 aromatic heterocycles. The summed E-state index contributed by atoms with van der Waals surface area (Å²) in [5, 5.41) is 12.4. The molecule has 7 nitrogen and oxygen atoms in total. The van der Waals surface area contributed by atoms with Gasteiger partial charge in [0.15, 0.2) is 0 Å². The number of aromatic nitrogens is 2. The highest BCUT2D eigenvalue weighted by Crippen LogP contribution is 2.19. The van der Waals surface area contributed by atoms with Crippen molar-refractivity contribution >= 4 is 11.5 Å². The molecule has 15 heavy (non-hydrogen) atoms. The first kappa shape index (κ1) is 9.66. The van der Waals surface area contributed by atoms with E-state index in [2.05, 4.69) is 10.1 Å². The molecule has 0 saturated carbocycles. The van der Waals surface area contributed by atoms with E-state index in [1.165, 1.54) is 16.8 Å². The minimum atomic E-state index is -0.534. The summed E-state index contributed by atoms with van der Waals surface area (Å²) in [4.78, 5) is 19.9. The number of nitrogens with two attached hydrogens (primary N) is 1. The Morgan fingerprint density at radius 2 is 2.53 bits per heavy atom. The molecule has 80 valence electrons. The highest BCUT2D eigenvalue weighted by atomic mass is 16.7. The van der Waals surface area contributed by atoms with Crippen LogP contribution >= 0.6 is 0 Å². The van der Waals surface area contributed by atoms with E-state index in [0.717, 1.165) is 0 Å². The molecule has 0 saturated heterocycles. The number of hydrogen-bond donors (Lipinski definition) is 2. The summed E-state index contributed by atoms with van der Waals surface area (Å²) in [6, 6.07) is 1.50. The van der Waals surface area contributed by atoms with E-state index in [0.29, 0.717) is 12.1 Å². The summed E-state index contributed by atoms with van der Waals surface area (Å²) >= 11 is 0. The number of nitrogens with zero attached hydrogens (tertiary/aromatic N) is 3. The zero-order chi connectivity index (χ0) is 10.8. The van der Waals surface area contributed by atoms with Crippen LogP contribution in [0.3, 0.4) is 0 Å². The van der Waals surface area contributed by atoms with Crippen molar-refractivity contribution < 1.29 is 9.94 Å². The zero-order valence-corrected chi connectivity index (χ0v) is 7.83. The quantitative estimate of drug-likeness (QED) is 0.658. The fourth-order valence-electron chi connectivity index (χ4n) is 1.30. The van der Waals surface area contributed by atoms with E-state index >= 15 is 0 Å². The van der Waals surface area contributed by atoms with Crippen LogP contribution < -0.4 is 11.4 Å². The van der Waals surface area contributed by atoms with Crippen molar-refractivity contribution in [1.29, 1.82) is 0 Å². The number of rotatable bonds is 2. The van der Waals surface area contributed by atoms with Crippen LogP contribution in [0.15, 0.2) is 22.2 Å². The fourth-order valence-corrected chi connectivity index (χ4v) is 1.30. The Labute approximate surface area is 84.8 Å². The molecule has 1 aliphatic heterocycles. The molecule has 1 atom stereocenters. The standard InChI is InChI=1S/C8H10N4O3/c9-6-1-2-12(8(14)10-6)7-3-5(4-13)11-15-7/h1-2,7,13H,3-4H2,(H2,9,10,14). The van der Waals surface area contributed by atoms with Gasteiger partial charge >= 0.3 is 5.69 Å². The van der Waals surface area contributed by atoms with Gasteiger partial charge in [-0.05, 0) is 6.07 Å². The summed E-state index contributed by atoms with van der Waals surface area (Å²) in [5.74, 6) is 0.164. The van der Waals surface area contributed by atoms with Gasteiger partial charge in [0.1, 0.15) is 5.82 Å². The Balaban J connectivity index is 2.22. The molecule has 0 bridgehead atoms. The second-order valence-corrected chi connectivity index (χ2v) is 3.12. The maximum Gasteiger partial charge on any atom is 0.352 e. The average Bonchev–Trinajstić information content (AvgIpc) is 2.66. The van der Waals surface area contributed by atoms with Crippen LogP contribution in [0.2, 0.25) is 0 Å². The third-order valence-corrected chi connectivity index (χ3v) is 2.06. The molecule has 0 aromatic carbocycles. The molecule has 0 spiro atoms. The van der Waals surface area contributed by atoms with Gasteiger partial charge < -0.3 is 15.7 Å². The van der Waals surface area contributed by atoms with Crippen molar-refractivity contribution in [1.82, 2.24) is 9.55 Å². The number of anilines is 1. The smallest absolute Gasteiger partial charge is 0.352 e. The summed E-state index contributed by atoms with van der Waals surface area (Å²) < 4.78 is 1.28. The van der Waals surface area contributed by atoms with Crippen LogP contribution in [0.25, 0.3) is 0 Å². The molecule has 0 fully saturated rings. The van der Waals surface area contributed by atoms with Crippen molar-refractivity contribution in [3.8, 4) is 0 Å². The molecule has 0 radical (unpaired) electrons. The van der Waals surface area contributed by atoms with Crippen molar-refractivity contribution in [2.24, 2.45) is 5.16 Å². The predicted molar refractivity (Wildman–Crippen MR) is 52.2 cm³/mol. The lowest BCUT2D eigenvalue weighted by molar-refractivity contribution is 0.0287. The summed E-state index contributed by atoms with van der Waals surface area (Å²) in [6.45, 7) is -0.173. The Kier molecular flexibility index (Phi) is 2.38. The Hall–Kier alpha value is -1.89. The highest BCUT2D eigenvalue weighted by molar-refractivity contribution is 5.86. The van der Waals surface area contributed by atoms with Gasteiger partial charge in [-0.15, -0.1) is 0 Å². The SMILES string of the molecule is Nc1ccn(C2CC(CO)=NO2)c(=O)n1. The lowest BCUT2D eigenvalue weighted by Gasteiger charge is -2.10. The molecule has 1 aromatic rings. The maximum absolute atomic E-state index is 11.4. The van der Waals surface area contributed by atoms with Gasteiger partial charge in [-0.3, -0.25) is 4.57 Å². The van der Waals surface area contributed by atoms with Crippen LogP contribution in [0, 0.1) is 0 Å². The minimum Gasteiger partial charge on any atom is -0.390 e. The van der Waals surface area contributed by atoms with Crippen molar-refractivity contribution in [3.63, 3.8) is 0 Å². The summed E-state index contributed by atoms with van der Waals surface area (Å²) in [6.07, 6.45) is 1.33. The fraction of sp³-hybridized carbons (Fsp3) is 0.375. The van der Waals surface area contributed by atoms with Crippen molar-refractivity contribution in [2.75, 3.05) is 12.3 Å². The Morgan fingerprint density at radius 3 is 3.13 bits per heavy atom. The van der Waals surface area contributed by atoms with E-state index in [-0.39, 0.29) is 12.4 Å². The molecule has 1 unspecified atom stereocenters. The van der Waals surface area contributed by atoms with Crippen LogP contribution in [0.5, 0.6) is 0 Å². The largest absolute Gasteiger partial charge is 0.390 e. The number of hydrogen-bond acceptors (Lipinski definition) is 6. The van der Waals surface area contributed by atoms with Crippen LogP contribution in [-0.4, -0.2) is 27.0 Å². The predicted octanol–water partition coefficient (Wildman–Crippen LogP) is -0.907. The normalized spacial score (nSPS) is 19.8. The lowest BCUT2D eigenvalue weighted by atomic mass is 10.2. The summed E-state index contributed by atoms with van der Waals surface area (Å²) in [7, 11) is 0. The summed E-state index contributed by atoms with van der Waals surface area (Å²) in [5.41, 5.74) is 5.36. The molecule has 0 aliphatic carbocycles. The van der Waals surface area contributed by atoms with Crippen molar-refractivity contribution in [3.05, 3.63) is 22.7 Å². The first-order valence-corrected chi connectivity index (χ1v) is 4.38. The van der Waals surface area contributed by atoms with E-state index in [4.69, 9.17) is 15.7 Å². The molecule has 2 heterocycles. The van der Waals surface area contributed by atoms with Gasteiger partial charge in [-0.25, -0.2) is 4.79 Å². The molecular formula is C8H10N4O3. The number of aliphatic hydroxyl groups excluding tert-OH is 1. The van der Waals surface area contributed by atoms with Crippen LogP contribution in [0.1, 0.15) is 12.6 Å². The molecule has 0 amide bonds. The Morgan fingerprint density at radius 1 is 1.73 bits per heavy atom. The van der Waals surface area contributed by atoms with Gasteiger partial charge in [0.2, 0.25) is 6.23 Å². The van der Waals surface area contributed by atoms with Crippen LogP contribution in [-0.2, 0) is 4.84 Å². The van der Waals surface area contributed by atoms with Crippen molar-refractivity contribution in [2.45, 2.75) is 12.6 Å². The van der Waals surface area contributed by atoms with Crippen LogP contribution in [0.4, 0.5) is 5.82 Å². The monoisotopic (exact) mass is 210 g/mol. The Bertz CT molecular complexity index is 453. The number of oxime groups is 1. The maximum atomic E-state index is 11.4. The second kappa shape index (κ2) is 3.70. The van der Waals surface area contributed by atoms with E-state index < -0.39 is 11.9 Å². The average molecular weight is 210 g/mol. The first-order valence-electron chi connectivity index (χ1n) is 4.38. The lowest BCUT2D eigenvalue weighted by Crippen LogP contribution is -2.27. The van der Waals surface area contributed by atoms with Gasteiger partial charge in [-0.1, -0.05) is 5.16 Å². The number of aliphatic hydroxyl groups is 1. The molecule has 3 N–H and O–H groups in total. The van der Waals surface area contributed by atoms with E-state index in [1.807, 2.05) is 0 Å². The third-order valence-electron chi connectivity index (χ3n) is 2.06. The third kappa shape index (κ3) is 1.82. The molecular weight excluding hydrogens is 200 g/mol. The molecule has 1 aliphatic rings. The molecule has 2 rings (SSSR count). The van der Waals surface area contributed by atoms with Gasteiger partial charge in [-0.2, -0.15) is 4.98 Å². The van der Waals surface area contributed by atoms with Gasteiger partial charge in [0.25, 0.3) is 0 Å². The second-order valence-electron chi connectivity index (χ2n) is 3.12. The van der Waals surface area contributed by atoms with E-state index in [9.17, 15) is 4.79 Å². The highest BCUT2D eigenvalue weighted by Gasteiger charge is 2.22.